The van der Waals surface area contributed by atoms with Gasteiger partial charge in [0.25, 0.3) is 0 Å². The average molecular weight is 397 g/mol. The number of hydrogen-bond acceptors (Lipinski definition) is 4. The molecule has 0 radical (unpaired) electrons. The molecule has 0 amide bonds. The van der Waals surface area contributed by atoms with Gasteiger partial charge in [-0.2, -0.15) is 0 Å². The van der Waals surface area contributed by atoms with Crippen LogP contribution in [0.3, 0.4) is 0 Å². The predicted molar refractivity (Wildman–Crippen MR) is 117 cm³/mol. The first kappa shape index (κ1) is 22.5. The number of fused-ring (bicyclic) bond motifs is 1. The molecule has 0 aliphatic heterocycles. The Balaban J connectivity index is 0.00000145. The fourth-order valence-corrected chi connectivity index (χ4v) is 3.23. The predicted octanol–water partition coefficient (Wildman–Crippen LogP) is 6.40. The van der Waals surface area contributed by atoms with Crippen LogP contribution in [0.15, 0.2) is 46.9 Å². The summed E-state index contributed by atoms with van der Waals surface area (Å²) in [5.41, 5.74) is 3.97. The molecule has 3 rings (SSSR count). The number of aryl methyl sites for hydroxylation is 2. The molecule has 4 heteroatoms. The first-order chi connectivity index (χ1) is 14.1. The van der Waals surface area contributed by atoms with Crippen LogP contribution in [0, 0.1) is 6.92 Å². The van der Waals surface area contributed by atoms with E-state index in [0.717, 1.165) is 46.3 Å². The molecular weight excluding hydrogens is 364 g/mol. The number of ether oxygens (including phenoxy) is 2. The minimum atomic E-state index is -0.243. The van der Waals surface area contributed by atoms with Crippen molar-refractivity contribution < 1.29 is 18.7 Å². The van der Waals surface area contributed by atoms with Crippen molar-refractivity contribution in [3.63, 3.8) is 0 Å². The zero-order valence-electron chi connectivity index (χ0n) is 18.2. The molecule has 0 saturated carbocycles. The Hall–Kier alpha value is -2.75. The maximum atomic E-state index is 11.8. The van der Waals surface area contributed by atoms with Crippen LogP contribution in [0.25, 0.3) is 11.0 Å². The van der Waals surface area contributed by atoms with Crippen LogP contribution >= 0.6 is 0 Å². The molecule has 0 N–H and O–H groups in total. The molecule has 4 nitrogen and oxygen atoms in total. The fraction of sp³-hybridized carbons (Fsp3) is 0.400. The third-order valence-corrected chi connectivity index (χ3v) is 4.42. The van der Waals surface area contributed by atoms with E-state index in [2.05, 4.69) is 32.0 Å². The van der Waals surface area contributed by atoms with Gasteiger partial charge < -0.3 is 13.9 Å². The number of carbonyl (C=O) groups excluding carboxylic acids is 1. The Labute approximate surface area is 173 Å². The number of rotatable bonds is 8. The van der Waals surface area contributed by atoms with Crippen molar-refractivity contribution in [2.45, 2.75) is 60.5 Å². The molecule has 0 unspecified atom stereocenters. The quantitative estimate of drug-likeness (QED) is 0.413. The summed E-state index contributed by atoms with van der Waals surface area (Å²) in [5.74, 6) is 1.49. The highest BCUT2D eigenvalue weighted by Gasteiger charge is 2.11. The van der Waals surface area contributed by atoms with Gasteiger partial charge in [0, 0.05) is 17.4 Å². The number of esters is 1. The summed E-state index contributed by atoms with van der Waals surface area (Å²) in [4.78, 5) is 11.8. The van der Waals surface area contributed by atoms with Gasteiger partial charge in [0.05, 0.1) is 13.0 Å². The van der Waals surface area contributed by atoms with Gasteiger partial charge in [0.2, 0.25) is 0 Å². The van der Waals surface area contributed by atoms with Crippen molar-refractivity contribution in [3.05, 3.63) is 64.9 Å². The Morgan fingerprint density at radius 1 is 1.07 bits per heavy atom. The Morgan fingerprint density at radius 2 is 1.83 bits per heavy atom. The maximum absolute atomic E-state index is 11.8. The molecule has 0 atom stereocenters. The highest BCUT2D eigenvalue weighted by molar-refractivity contribution is 5.82. The molecule has 29 heavy (non-hydrogen) atoms. The van der Waals surface area contributed by atoms with Gasteiger partial charge in [-0.15, -0.1) is 0 Å². The van der Waals surface area contributed by atoms with E-state index in [1.165, 1.54) is 0 Å². The van der Waals surface area contributed by atoms with E-state index in [-0.39, 0.29) is 12.4 Å². The average Bonchev–Trinajstić information content (AvgIpc) is 3.12. The summed E-state index contributed by atoms with van der Waals surface area (Å²) in [7, 11) is 0. The first-order valence-electron chi connectivity index (χ1n) is 10.5. The number of carbonyl (C=O) groups is 1. The van der Waals surface area contributed by atoms with Crippen molar-refractivity contribution in [2.24, 2.45) is 0 Å². The van der Waals surface area contributed by atoms with E-state index < -0.39 is 0 Å². The van der Waals surface area contributed by atoms with Crippen LogP contribution in [0.1, 0.15) is 56.6 Å². The van der Waals surface area contributed by atoms with Crippen molar-refractivity contribution in [1.29, 1.82) is 0 Å². The Morgan fingerprint density at radius 3 is 2.55 bits per heavy atom. The third-order valence-electron chi connectivity index (χ3n) is 4.42. The van der Waals surface area contributed by atoms with Crippen LogP contribution in [-0.2, 0) is 29.0 Å². The lowest BCUT2D eigenvalue weighted by Gasteiger charge is -2.12. The van der Waals surface area contributed by atoms with Crippen molar-refractivity contribution in [1.82, 2.24) is 0 Å². The lowest BCUT2D eigenvalue weighted by Crippen LogP contribution is -2.09. The monoisotopic (exact) mass is 396 g/mol. The molecule has 0 spiro atoms. The standard InChI is InChI=1S/C23H26O4.C2H6/c1-4-8-20-13-19-12-17(11-16(3)23(19)27-20)15-26-21-10-7-6-9-18(21)14-22(24)25-5-2;1-2/h6-7,9-13H,4-5,8,14-15H2,1-3H3;1-2H3. The van der Waals surface area contributed by atoms with Gasteiger partial charge in [-0.1, -0.05) is 39.0 Å². The van der Waals surface area contributed by atoms with Crippen LogP contribution in [0.5, 0.6) is 5.75 Å². The van der Waals surface area contributed by atoms with Crippen molar-refractivity contribution in [3.8, 4) is 5.75 Å². The molecule has 3 aromatic rings. The highest BCUT2D eigenvalue weighted by atomic mass is 16.5. The highest BCUT2D eigenvalue weighted by Crippen LogP contribution is 2.27. The molecule has 0 bridgehead atoms. The zero-order valence-corrected chi connectivity index (χ0v) is 18.2. The van der Waals surface area contributed by atoms with E-state index in [1.807, 2.05) is 38.1 Å². The summed E-state index contributed by atoms with van der Waals surface area (Å²) in [6.45, 7) is 10.8. The second-order valence-electron chi connectivity index (χ2n) is 6.67. The summed E-state index contributed by atoms with van der Waals surface area (Å²) in [6, 6.07) is 13.9. The topological polar surface area (TPSA) is 48.7 Å². The minimum absolute atomic E-state index is 0.212. The van der Waals surface area contributed by atoms with E-state index in [4.69, 9.17) is 13.9 Å². The van der Waals surface area contributed by atoms with Crippen molar-refractivity contribution in [2.75, 3.05) is 6.61 Å². The first-order valence-corrected chi connectivity index (χ1v) is 10.5. The lowest BCUT2D eigenvalue weighted by atomic mass is 10.1. The van der Waals surface area contributed by atoms with E-state index in [0.29, 0.717) is 19.0 Å². The molecule has 0 fully saturated rings. The zero-order chi connectivity index (χ0) is 21.2. The molecule has 1 aromatic heterocycles. The van der Waals surface area contributed by atoms with E-state index in [9.17, 15) is 4.79 Å². The van der Waals surface area contributed by atoms with Crippen LogP contribution in [-0.4, -0.2) is 12.6 Å². The number of benzene rings is 2. The van der Waals surface area contributed by atoms with Gasteiger partial charge in [0.1, 0.15) is 23.7 Å². The largest absolute Gasteiger partial charge is 0.489 e. The molecule has 0 aliphatic rings. The molecule has 1 heterocycles. The smallest absolute Gasteiger partial charge is 0.310 e. The summed E-state index contributed by atoms with van der Waals surface area (Å²) >= 11 is 0. The summed E-state index contributed by atoms with van der Waals surface area (Å²) in [5, 5.41) is 1.11. The summed E-state index contributed by atoms with van der Waals surface area (Å²) < 4.78 is 17.0. The van der Waals surface area contributed by atoms with Gasteiger partial charge in [-0.05, 0) is 55.7 Å². The van der Waals surface area contributed by atoms with Gasteiger partial charge in [-0.25, -0.2) is 0 Å². The van der Waals surface area contributed by atoms with Gasteiger partial charge in [-0.3, -0.25) is 4.79 Å². The van der Waals surface area contributed by atoms with Crippen molar-refractivity contribution >= 4 is 16.9 Å². The Bertz CT molecular complexity index is 924. The summed E-state index contributed by atoms with van der Waals surface area (Å²) in [6.07, 6.45) is 2.22. The van der Waals surface area contributed by atoms with E-state index >= 15 is 0 Å². The molecule has 2 aromatic carbocycles. The minimum Gasteiger partial charge on any atom is -0.489 e. The van der Waals surface area contributed by atoms with Crippen LogP contribution in [0.2, 0.25) is 0 Å². The second kappa shape index (κ2) is 11.3. The second-order valence-corrected chi connectivity index (χ2v) is 6.67. The maximum Gasteiger partial charge on any atom is 0.310 e. The normalized spacial score (nSPS) is 10.4. The molecular formula is C25H32O4. The molecule has 0 aliphatic carbocycles. The Kier molecular flexibility index (Phi) is 8.78. The fourth-order valence-electron chi connectivity index (χ4n) is 3.23. The third kappa shape index (κ3) is 6.11. The van der Waals surface area contributed by atoms with Crippen LogP contribution in [0.4, 0.5) is 0 Å². The number of hydrogen-bond donors (Lipinski definition) is 0. The van der Waals surface area contributed by atoms with Gasteiger partial charge >= 0.3 is 5.97 Å². The number of furan rings is 1. The SMILES string of the molecule is CC.CCCc1cc2cc(COc3ccccc3CC(=O)OCC)cc(C)c2o1. The lowest BCUT2D eigenvalue weighted by molar-refractivity contribution is -0.142. The van der Waals surface area contributed by atoms with E-state index in [1.54, 1.807) is 6.92 Å². The molecule has 0 saturated heterocycles. The molecule has 156 valence electrons. The number of para-hydroxylation sites is 1. The van der Waals surface area contributed by atoms with Gasteiger partial charge in [0.15, 0.2) is 0 Å². The van der Waals surface area contributed by atoms with Crippen LogP contribution < -0.4 is 4.74 Å².